The van der Waals surface area contributed by atoms with Crippen molar-refractivity contribution >= 4 is 23.2 Å². The third kappa shape index (κ3) is 6.69. The highest BCUT2D eigenvalue weighted by Crippen LogP contribution is 2.46. The average molecular weight is 500 g/mol. The summed E-state index contributed by atoms with van der Waals surface area (Å²) < 4.78 is 38.3. The molecular formula is C23H28F3N3O4S. The molecule has 1 fully saturated rings. The van der Waals surface area contributed by atoms with Gasteiger partial charge < -0.3 is 14.7 Å². The van der Waals surface area contributed by atoms with Crippen LogP contribution in [0.3, 0.4) is 0 Å². The van der Waals surface area contributed by atoms with E-state index >= 15 is 0 Å². The lowest BCUT2D eigenvalue weighted by molar-refractivity contribution is -0.192. The molecule has 34 heavy (non-hydrogen) atoms. The van der Waals surface area contributed by atoms with Crippen molar-refractivity contribution in [3.05, 3.63) is 46.4 Å². The number of ether oxygens (including phenoxy) is 1. The molecule has 4 rings (SSSR count). The quantitative estimate of drug-likeness (QED) is 0.681. The van der Waals surface area contributed by atoms with Crippen LogP contribution in [0.4, 0.5) is 13.2 Å². The number of piperidine rings is 1. The van der Waals surface area contributed by atoms with Gasteiger partial charge in [-0.05, 0) is 30.9 Å². The number of aromatic nitrogens is 1. The highest BCUT2D eigenvalue weighted by Gasteiger charge is 2.43. The number of alkyl halides is 3. The van der Waals surface area contributed by atoms with E-state index in [1.807, 2.05) is 37.8 Å². The molecule has 0 saturated carbocycles. The molecule has 1 N–H and O–H groups in total. The summed E-state index contributed by atoms with van der Waals surface area (Å²) >= 11 is 1.72. The fourth-order valence-corrected chi connectivity index (χ4v) is 4.92. The van der Waals surface area contributed by atoms with E-state index < -0.39 is 12.1 Å². The number of aliphatic carboxylic acids is 1. The number of hydrogen-bond acceptors (Lipinski definition) is 6. The lowest BCUT2D eigenvalue weighted by atomic mass is 9.76. The Balaban J connectivity index is 0.000000406. The van der Waals surface area contributed by atoms with Gasteiger partial charge in [-0.3, -0.25) is 9.69 Å². The summed E-state index contributed by atoms with van der Waals surface area (Å²) in [5, 5.41) is 10.3. The van der Waals surface area contributed by atoms with Gasteiger partial charge in [0.15, 0.2) is 0 Å². The van der Waals surface area contributed by atoms with Crippen molar-refractivity contribution in [2.24, 2.45) is 0 Å². The maximum Gasteiger partial charge on any atom is 0.490 e. The van der Waals surface area contributed by atoms with Gasteiger partial charge in [-0.1, -0.05) is 18.2 Å². The maximum atomic E-state index is 12.4. The van der Waals surface area contributed by atoms with Crippen LogP contribution in [0.25, 0.3) is 0 Å². The van der Waals surface area contributed by atoms with Gasteiger partial charge in [0, 0.05) is 51.1 Å². The summed E-state index contributed by atoms with van der Waals surface area (Å²) in [6.07, 6.45) is 0.268. The Morgan fingerprint density at radius 1 is 1.26 bits per heavy atom. The van der Waals surface area contributed by atoms with Crippen LogP contribution >= 0.6 is 11.3 Å². The van der Waals surface area contributed by atoms with Gasteiger partial charge >= 0.3 is 12.1 Å². The Morgan fingerprint density at radius 3 is 2.47 bits per heavy atom. The van der Waals surface area contributed by atoms with Crippen molar-refractivity contribution < 1.29 is 32.6 Å². The topological polar surface area (TPSA) is 83.0 Å². The summed E-state index contributed by atoms with van der Waals surface area (Å²) in [6, 6.07) is 8.25. The Bertz CT molecular complexity index is 974. The van der Waals surface area contributed by atoms with Crippen LogP contribution in [0.1, 0.15) is 42.2 Å². The zero-order valence-electron chi connectivity index (χ0n) is 19.0. The molecule has 11 heteroatoms. The van der Waals surface area contributed by atoms with Crippen molar-refractivity contribution in [1.82, 2.24) is 14.8 Å². The number of likely N-dealkylation sites (tertiary alicyclic amines) is 1. The second-order valence-electron chi connectivity index (χ2n) is 8.72. The Hall–Kier alpha value is -2.66. The van der Waals surface area contributed by atoms with Crippen molar-refractivity contribution in [3.8, 4) is 5.75 Å². The van der Waals surface area contributed by atoms with Crippen LogP contribution < -0.4 is 4.74 Å². The molecule has 0 aliphatic carbocycles. The molecule has 1 saturated heterocycles. The van der Waals surface area contributed by atoms with E-state index in [4.69, 9.17) is 14.6 Å². The summed E-state index contributed by atoms with van der Waals surface area (Å²) in [4.78, 5) is 29.9. The van der Waals surface area contributed by atoms with Gasteiger partial charge in [-0.2, -0.15) is 13.2 Å². The van der Waals surface area contributed by atoms with Crippen molar-refractivity contribution in [3.63, 3.8) is 0 Å². The molecule has 1 unspecified atom stereocenters. The van der Waals surface area contributed by atoms with Gasteiger partial charge in [0.25, 0.3) is 0 Å². The molecule has 3 heterocycles. The molecule has 2 aromatic rings. The fraction of sp³-hybridized carbons (Fsp3) is 0.522. The minimum atomic E-state index is -5.08. The van der Waals surface area contributed by atoms with Crippen LogP contribution in [-0.4, -0.2) is 70.7 Å². The molecule has 1 atom stereocenters. The van der Waals surface area contributed by atoms with Crippen molar-refractivity contribution in [2.75, 3.05) is 27.2 Å². The second-order valence-corrected chi connectivity index (χ2v) is 9.70. The minimum absolute atomic E-state index is 0.148. The molecule has 0 radical (unpaired) electrons. The number of carboxylic acids is 1. The van der Waals surface area contributed by atoms with E-state index in [9.17, 15) is 18.0 Å². The van der Waals surface area contributed by atoms with Crippen LogP contribution in [-0.2, 0) is 16.1 Å². The Kier molecular flexibility index (Phi) is 8.19. The van der Waals surface area contributed by atoms with Crippen LogP contribution in [0.2, 0.25) is 0 Å². The Morgan fingerprint density at radius 2 is 1.91 bits per heavy atom. The highest BCUT2D eigenvalue weighted by atomic mass is 32.1. The smallest absolute Gasteiger partial charge is 0.487 e. The van der Waals surface area contributed by atoms with E-state index in [0.29, 0.717) is 6.42 Å². The monoisotopic (exact) mass is 499 g/mol. The fourth-order valence-electron chi connectivity index (χ4n) is 4.27. The summed E-state index contributed by atoms with van der Waals surface area (Å²) in [5.41, 5.74) is 1.04. The molecule has 0 bridgehead atoms. The van der Waals surface area contributed by atoms with Gasteiger partial charge in [-0.25, -0.2) is 9.78 Å². The molecule has 2 aliphatic heterocycles. The van der Waals surface area contributed by atoms with Crippen LogP contribution in [0.5, 0.6) is 5.75 Å². The SMILES string of the molecule is CN(C)C(=O)CC1CC2(CCN(Cc3nccs3)CC2)Oc2ccccc21.O=C(O)C(F)(F)F. The van der Waals surface area contributed by atoms with Crippen molar-refractivity contribution in [2.45, 2.75) is 49.9 Å². The predicted octanol–water partition coefficient (Wildman–Crippen LogP) is 4.16. The number of carboxylic acid groups (broad SMARTS) is 1. The number of halogens is 3. The first-order chi connectivity index (χ1) is 16.0. The Labute approximate surface area is 200 Å². The highest BCUT2D eigenvalue weighted by molar-refractivity contribution is 7.09. The van der Waals surface area contributed by atoms with Crippen LogP contribution in [0.15, 0.2) is 35.8 Å². The molecule has 2 aliphatic rings. The van der Waals surface area contributed by atoms with E-state index in [2.05, 4.69) is 22.0 Å². The zero-order chi connectivity index (χ0) is 24.9. The first kappa shape index (κ1) is 26.0. The molecule has 7 nitrogen and oxygen atoms in total. The third-order valence-corrected chi connectivity index (χ3v) is 6.84. The molecule has 1 spiro atoms. The number of carbonyl (C=O) groups excluding carboxylic acids is 1. The van der Waals surface area contributed by atoms with Gasteiger partial charge in [0.1, 0.15) is 16.4 Å². The standard InChI is InChI=1S/C21H27N3O2S.C2HF3O2/c1-23(2)20(25)13-16-14-21(26-18-6-4-3-5-17(16)18)7-10-24(11-8-21)15-19-22-9-12-27-19;3-2(4,5)1(6)7/h3-6,9,12,16H,7-8,10-11,13-15H2,1-2H3;(H,6,7). The average Bonchev–Trinajstić information content (AvgIpc) is 3.28. The normalized spacial score (nSPS) is 19.4. The van der Waals surface area contributed by atoms with E-state index in [1.54, 1.807) is 16.2 Å². The summed E-state index contributed by atoms with van der Waals surface area (Å²) in [6.45, 7) is 2.94. The molecular weight excluding hydrogens is 471 g/mol. The number of benzene rings is 1. The van der Waals surface area contributed by atoms with Gasteiger partial charge in [0.05, 0.1) is 6.54 Å². The number of fused-ring (bicyclic) bond motifs is 1. The molecule has 1 aromatic heterocycles. The summed E-state index contributed by atoms with van der Waals surface area (Å²) in [5.74, 6) is -1.37. The summed E-state index contributed by atoms with van der Waals surface area (Å²) in [7, 11) is 3.67. The predicted molar refractivity (Wildman–Crippen MR) is 121 cm³/mol. The first-order valence-electron chi connectivity index (χ1n) is 10.9. The molecule has 1 aromatic carbocycles. The number of amides is 1. The number of rotatable bonds is 4. The minimum Gasteiger partial charge on any atom is -0.487 e. The van der Waals surface area contributed by atoms with Gasteiger partial charge in [0.2, 0.25) is 5.91 Å². The number of carbonyl (C=O) groups is 2. The molecule has 1 amide bonds. The number of thiazole rings is 1. The number of hydrogen-bond donors (Lipinski definition) is 1. The lowest BCUT2D eigenvalue weighted by Crippen LogP contribution is -2.50. The van der Waals surface area contributed by atoms with Gasteiger partial charge in [-0.15, -0.1) is 11.3 Å². The maximum absolute atomic E-state index is 12.4. The number of nitrogens with zero attached hydrogens (tertiary/aromatic N) is 3. The van der Waals surface area contributed by atoms with Crippen LogP contribution in [0, 0.1) is 0 Å². The largest absolute Gasteiger partial charge is 0.490 e. The number of para-hydroxylation sites is 1. The first-order valence-corrected chi connectivity index (χ1v) is 11.8. The second kappa shape index (κ2) is 10.7. The zero-order valence-corrected chi connectivity index (χ0v) is 19.9. The lowest BCUT2D eigenvalue weighted by Gasteiger charge is -2.47. The van der Waals surface area contributed by atoms with Crippen molar-refractivity contribution in [1.29, 1.82) is 0 Å². The third-order valence-electron chi connectivity index (χ3n) is 6.08. The van der Waals surface area contributed by atoms with E-state index in [0.717, 1.165) is 44.6 Å². The van der Waals surface area contributed by atoms with E-state index in [1.165, 1.54) is 10.6 Å². The van der Waals surface area contributed by atoms with E-state index in [-0.39, 0.29) is 17.4 Å². The molecule has 186 valence electrons.